The standard InChI is InChI=1S/C13H21N3O2/c1-4-18-13(2,3)8-16-9-5-6-11(14)10(7-9)12(15)17/h5-7,16H,4,8,14H2,1-3H3,(H2,15,17). The molecule has 1 aromatic carbocycles. The van der Waals surface area contributed by atoms with Crippen molar-refractivity contribution in [2.24, 2.45) is 5.73 Å². The minimum Gasteiger partial charge on any atom is -0.398 e. The first-order valence-electron chi connectivity index (χ1n) is 5.93. The average Bonchev–Trinajstić information content (AvgIpc) is 2.27. The molecule has 0 atom stereocenters. The number of carbonyl (C=O) groups excluding carboxylic acids is 1. The Hall–Kier alpha value is -1.75. The number of amides is 1. The molecule has 0 spiro atoms. The molecular formula is C13H21N3O2. The van der Waals surface area contributed by atoms with Crippen LogP contribution in [0.4, 0.5) is 11.4 Å². The summed E-state index contributed by atoms with van der Waals surface area (Å²) in [6.07, 6.45) is 0. The zero-order valence-corrected chi connectivity index (χ0v) is 11.1. The van der Waals surface area contributed by atoms with Gasteiger partial charge < -0.3 is 21.5 Å². The second-order valence-corrected chi connectivity index (χ2v) is 4.71. The second-order valence-electron chi connectivity index (χ2n) is 4.71. The van der Waals surface area contributed by atoms with Gasteiger partial charge in [-0.1, -0.05) is 0 Å². The van der Waals surface area contributed by atoms with Crippen LogP contribution in [0.1, 0.15) is 31.1 Å². The van der Waals surface area contributed by atoms with Gasteiger partial charge in [-0.2, -0.15) is 0 Å². The Bertz CT molecular complexity index is 430. The monoisotopic (exact) mass is 251 g/mol. The van der Waals surface area contributed by atoms with E-state index in [1.165, 1.54) is 0 Å². The predicted molar refractivity (Wildman–Crippen MR) is 73.6 cm³/mol. The highest BCUT2D eigenvalue weighted by atomic mass is 16.5. The van der Waals surface area contributed by atoms with Crippen LogP contribution in [-0.4, -0.2) is 24.7 Å². The first kappa shape index (κ1) is 14.3. The Morgan fingerprint density at radius 3 is 2.67 bits per heavy atom. The number of ether oxygens (including phenoxy) is 1. The van der Waals surface area contributed by atoms with E-state index < -0.39 is 5.91 Å². The van der Waals surface area contributed by atoms with Crippen molar-refractivity contribution in [2.75, 3.05) is 24.2 Å². The lowest BCUT2D eigenvalue weighted by Gasteiger charge is -2.25. The van der Waals surface area contributed by atoms with Crippen LogP contribution in [-0.2, 0) is 4.74 Å². The van der Waals surface area contributed by atoms with Crippen LogP contribution >= 0.6 is 0 Å². The van der Waals surface area contributed by atoms with E-state index in [1.54, 1.807) is 12.1 Å². The summed E-state index contributed by atoms with van der Waals surface area (Å²) >= 11 is 0. The Kier molecular flexibility index (Phi) is 4.55. The first-order chi connectivity index (χ1) is 8.35. The van der Waals surface area contributed by atoms with Gasteiger partial charge in [0.05, 0.1) is 11.2 Å². The van der Waals surface area contributed by atoms with Gasteiger partial charge in [0.15, 0.2) is 0 Å². The largest absolute Gasteiger partial charge is 0.398 e. The molecule has 0 unspecified atom stereocenters. The molecule has 0 saturated carbocycles. The molecule has 0 aliphatic carbocycles. The van der Waals surface area contributed by atoms with Crippen LogP contribution in [0, 0.1) is 0 Å². The number of nitrogen functional groups attached to an aromatic ring is 1. The third-order valence-electron chi connectivity index (χ3n) is 2.57. The smallest absolute Gasteiger partial charge is 0.250 e. The van der Waals surface area contributed by atoms with Crippen LogP contribution in [0.3, 0.4) is 0 Å². The van der Waals surface area contributed by atoms with Crippen LogP contribution in [0.2, 0.25) is 0 Å². The van der Waals surface area contributed by atoms with E-state index >= 15 is 0 Å². The van der Waals surface area contributed by atoms with Gasteiger partial charge in [0.1, 0.15) is 0 Å². The molecule has 5 N–H and O–H groups in total. The number of rotatable bonds is 6. The van der Waals surface area contributed by atoms with E-state index in [0.717, 1.165) is 5.69 Å². The average molecular weight is 251 g/mol. The van der Waals surface area contributed by atoms with Crippen molar-refractivity contribution in [3.8, 4) is 0 Å². The predicted octanol–water partition coefficient (Wildman–Crippen LogP) is 1.59. The van der Waals surface area contributed by atoms with Gasteiger partial charge in [0.25, 0.3) is 5.91 Å². The summed E-state index contributed by atoms with van der Waals surface area (Å²) in [4.78, 5) is 11.2. The molecule has 0 saturated heterocycles. The highest BCUT2D eigenvalue weighted by Crippen LogP contribution is 2.18. The first-order valence-corrected chi connectivity index (χ1v) is 5.93. The molecular weight excluding hydrogens is 230 g/mol. The molecule has 0 fully saturated rings. The molecule has 5 nitrogen and oxygen atoms in total. The van der Waals surface area contributed by atoms with Crippen LogP contribution in [0.25, 0.3) is 0 Å². The highest BCUT2D eigenvalue weighted by molar-refractivity contribution is 5.98. The van der Waals surface area contributed by atoms with E-state index in [0.29, 0.717) is 24.4 Å². The Labute approximate surface area is 107 Å². The lowest BCUT2D eigenvalue weighted by atomic mass is 10.1. The normalized spacial score (nSPS) is 11.3. The van der Waals surface area contributed by atoms with Crippen molar-refractivity contribution in [3.05, 3.63) is 23.8 Å². The van der Waals surface area contributed by atoms with Gasteiger partial charge in [-0.05, 0) is 39.0 Å². The lowest BCUT2D eigenvalue weighted by molar-refractivity contribution is 0.000698. The van der Waals surface area contributed by atoms with Crippen molar-refractivity contribution in [2.45, 2.75) is 26.4 Å². The highest BCUT2D eigenvalue weighted by Gasteiger charge is 2.17. The topological polar surface area (TPSA) is 90.4 Å². The molecule has 100 valence electrons. The zero-order chi connectivity index (χ0) is 13.8. The summed E-state index contributed by atoms with van der Waals surface area (Å²) in [5.74, 6) is -0.528. The summed E-state index contributed by atoms with van der Waals surface area (Å²) in [5.41, 5.74) is 12.1. The van der Waals surface area contributed by atoms with Gasteiger partial charge in [0.2, 0.25) is 0 Å². The zero-order valence-electron chi connectivity index (χ0n) is 11.1. The van der Waals surface area contributed by atoms with Crippen molar-refractivity contribution in [1.29, 1.82) is 0 Å². The number of anilines is 2. The van der Waals surface area contributed by atoms with Crippen LogP contribution < -0.4 is 16.8 Å². The lowest BCUT2D eigenvalue weighted by Crippen LogP contribution is -2.33. The Morgan fingerprint density at radius 1 is 1.44 bits per heavy atom. The van der Waals surface area contributed by atoms with Gasteiger partial charge in [-0.25, -0.2) is 0 Å². The molecule has 0 aromatic heterocycles. The molecule has 0 bridgehead atoms. The maximum atomic E-state index is 11.2. The molecule has 1 amide bonds. The maximum Gasteiger partial charge on any atom is 0.250 e. The third-order valence-corrected chi connectivity index (χ3v) is 2.57. The fraction of sp³-hybridized carbons (Fsp3) is 0.462. The van der Waals surface area contributed by atoms with E-state index in [9.17, 15) is 4.79 Å². The van der Waals surface area contributed by atoms with Crippen LogP contribution in [0.5, 0.6) is 0 Å². The summed E-state index contributed by atoms with van der Waals surface area (Å²) in [5, 5.41) is 3.20. The molecule has 0 heterocycles. The summed E-state index contributed by atoms with van der Waals surface area (Å²) in [7, 11) is 0. The number of nitrogens with two attached hydrogens (primary N) is 2. The van der Waals surface area contributed by atoms with Gasteiger partial charge in [-0.15, -0.1) is 0 Å². The number of hydrogen-bond donors (Lipinski definition) is 3. The van der Waals surface area contributed by atoms with E-state index in [4.69, 9.17) is 16.2 Å². The summed E-state index contributed by atoms with van der Waals surface area (Å²) in [6.45, 7) is 7.23. The van der Waals surface area contributed by atoms with E-state index in [2.05, 4.69) is 5.32 Å². The molecule has 18 heavy (non-hydrogen) atoms. The van der Waals surface area contributed by atoms with E-state index in [-0.39, 0.29) is 5.60 Å². The molecule has 0 radical (unpaired) electrons. The van der Waals surface area contributed by atoms with Gasteiger partial charge >= 0.3 is 0 Å². The van der Waals surface area contributed by atoms with Crippen molar-refractivity contribution >= 4 is 17.3 Å². The number of primary amides is 1. The number of nitrogens with one attached hydrogen (secondary N) is 1. The molecule has 0 aliphatic rings. The molecule has 5 heteroatoms. The quantitative estimate of drug-likeness (QED) is 0.670. The van der Waals surface area contributed by atoms with Crippen molar-refractivity contribution in [1.82, 2.24) is 0 Å². The third kappa shape index (κ3) is 3.92. The van der Waals surface area contributed by atoms with Gasteiger partial charge in [-0.3, -0.25) is 4.79 Å². The molecule has 1 rings (SSSR count). The summed E-state index contributed by atoms with van der Waals surface area (Å²) < 4.78 is 5.57. The van der Waals surface area contributed by atoms with Crippen molar-refractivity contribution in [3.63, 3.8) is 0 Å². The number of carbonyl (C=O) groups is 1. The van der Waals surface area contributed by atoms with E-state index in [1.807, 2.05) is 26.8 Å². The molecule has 0 aliphatic heterocycles. The number of benzene rings is 1. The maximum absolute atomic E-state index is 11.2. The number of hydrogen-bond acceptors (Lipinski definition) is 4. The minimum atomic E-state index is -0.528. The fourth-order valence-electron chi connectivity index (χ4n) is 1.64. The minimum absolute atomic E-state index is 0.275. The Balaban J connectivity index is 2.74. The second kappa shape index (κ2) is 5.73. The fourth-order valence-corrected chi connectivity index (χ4v) is 1.64. The molecule has 1 aromatic rings. The Morgan fingerprint density at radius 2 is 2.11 bits per heavy atom. The SMILES string of the molecule is CCOC(C)(C)CNc1ccc(N)c(C(N)=O)c1. The van der Waals surface area contributed by atoms with Crippen LogP contribution in [0.15, 0.2) is 18.2 Å². The van der Waals surface area contributed by atoms with Crippen molar-refractivity contribution < 1.29 is 9.53 Å². The van der Waals surface area contributed by atoms with Gasteiger partial charge in [0, 0.05) is 24.5 Å². The summed E-state index contributed by atoms with van der Waals surface area (Å²) in [6, 6.07) is 5.12.